The first-order valence-corrected chi connectivity index (χ1v) is 4.58. The molecule has 1 aliphatic heterocycles. The molecule has 0 aromatic heterocycles. The molecule has 1 N–H and O–H groups in total. The third kappa shape index (κ3) is 2.77. The molecule has 0 bridgehead atoms. The second-order valence-corrected chi connectivity index (χ2v) is 3.64. The van der Waals surface area contributed by atoms with Crippen LogP contribution in [0.1, 0.15) is 6.92 Å². The molecule has 1 heterocycles. The number of hydrogen-bond acceptors (Lipinski definition) is 2. The Kier molecular flexibility index (Phi) is 3.30. The van der Waals surface area contributed by atoms with Gasteiger partial charge in [0, 0.05) is 7.05 Å². The highest BCUT2D eigenvalue weighted by Gasteiger charge is 2.38. The van der Waals surface area contributed by atoms with Crippen molar-refractivity contribution < 1.29 is 22.8 Å². The first-order valence-electron chi connectivity index (χ1n) is 4.58. The predicted octanol–water partition coefficient (Wildman–Crippen LogP) is 0.378. The molecule has 1 atom stereocenters. The molecule has 5 nitrogen and oxygen atoms in total. The molecule has 16 heavy (non-hydrogen) atoms. The summed E-state index contributed by atoms with van der Waals surface area (Å²) in [5.41, 5.74) is 0. The van der Waals surface area contributed by atoms with Crippen LogP contribution in [0.25, 0.3) is 0 Å². The molecular weight excluding hydrogens is 227 g/mol. The largest absolute Gasteiger partial charge is 0.408 e. The third-order valence-corrected chi connectivity index (χ3v) is 2.25. The molecule has 0 spiro atoms. The van der Waals surface area contributed by atoms with E-state index < -0.39 is 18.2 Å². The Morgan fingerprint density at radius 2 is 2.06 bits per heavy atom. The van der Waals surface area contributed by atoms with Crippen molar-refractivity contribution in [1.82, 2.24) is 15.1 Å². The zero-order valence-electron chi connectivity index (χ0n) is 8.84. The van der Waals surface area contributed by atoms with E-state index in [1.807, 2.05) is 0 Å². The Labute approximate surface area is 90.2 Å². The number of nitrogens with one attached hydrogen (secondary N) is 1. The van der Waals surface area contributed by atoms with Gasteiger partial charge in [0.15, 0.2) is 0 Å². The molecule has 0 radical (unpaired) electrons. The number of carbonyl (C=O) groups excluding carboxylic acids is 2. The Hall–Kier alpha value is -1.47. The van der Waals surface area contributed by atoms with Crippen molar-refractivity contribution in [1.29, 1.82) is 0 Å². The molecule has 0 saturated carbocycles. The molecule has 1 saturated heterocycles. The van der Waals surface area contributed by atoms with Crippen molar-refractivity contribution in [3.8, 4) is 0 Å². The summed E-state index contributed by atoms with van der Waals surface area (Å²) in [5, 5.41) is 1.79. The highest BCUT2D eigenvalue weighted by molar-refractivity contribution is 5.86. The lowest BCUT2D eigenvalue weighted by atomic mass is 10.3. The van der Waals surface area contributed by atoms with E-state index in [4.69, 9.17) is 0 Å². The minimum atomic E-state index is -4.48. The van der Waals surface area contributed by atoms with Gasteiger partial charge in [-0.3, -0.25) is 9.69 Å². The van der Waals surface area contributed by atoms with Crippen LogP contribution in [0.15, 0.2) is 0 Å². The van der Waals surface area contributed by atoms with Crippen LogP contribution in [0.4, 0.5) is 18.0 Å². The van der Waals surface area contributed by atoms with Crippen LogP contribution in [-0.4, -0.2) is 54.2 Å². The zero-order chi connectivity index (χ0) is 12.5. The van der Waals surface area contributed by atoms with Gasteiger partial charge in [0.05, 0.1) is 6.67 Å². The molecule has 1 rings (SSSR count). The van der Waals surface area contributed by atoms with Crippen molar-refractivity contribution in [3.63, 3.8) is 0 Å². The average Bonchev–Trinajstić information content (AvgIpc) is 2.45. The maximum atomic E-state index is 12.1. The zero-order valence-corrected chi connectivity index (χ0v) is 8.84. The Balaban J connectivity index is 2.51. The monoisotopic (exact) mass is 239 g/mol. The van der Waals surface area contributed by atoms with E-state index in [0.717, 1.165) is 11.8 Å². The Bertz CT molecular complexity index is 305. The topological polar surface area (TPSA) is 52.7 Å². The van der Waals surface area contributed by atoms with Crippen LogP contribution < -0.4 is 5.32 Å². The first kappa shape index (κ1) is 12.6. The molecule has 0 aromatic carbocycles. The molecule has 3 amide bonds. The lowest BCUT2D eigenvalue weighted by Gasteiger charge is -2.21. The normalized spacial score (nSPS) is 18.9. The summed E-state index contributed by atoms with van der Waals surface area (Å²) in [6, 6.07) is -2.82. The van der Waals surface area contributed by atoms with Crippen LogP contribution in [0.5, 0.6) is 0 Å². The van der Waals surface area contributed by atoms with Gasteiger partial charge >= 0.3 is 12.2 Å². The number of likely N-dealkylation sites (N-methyl/N-ethyl adjacent to an activating group) is 1. The lowest BCUT2D eigenvalue weighted by Crippen LogP contribution is -2.48. The summed E-state index contributed by atoms with van der Waals surface area (Å²) in [6.45, 7) is 0.668. The van der Waals surface area contributed by atoms with Gasteiger partial charge < -0.3 is 10.2 Å². The average molecular weight is 239 g/mol. The lowest BCUT2D eigenvalue weighted by molar-refractivity contribution is -0.149. The van der Waals surface area contributed by atoms with Gasteiger partial charge in [-0.2, -0.15) is 13.2 Å². The van der Waals surface area contributed by atoms with Crippen molar-refractivity contribution in [2.24, 2.45) is 0 Å². The van der Waals surface area contributed by atoms with Gasteiger partial charge in [-0.05, 0) is 6.92 Å². The van der Waals surface area contributed by atoms with E-state index in [-0.39, 0.29) is 19.1 Å². The van der Waals surface area contributed by atoms with Gasteiger partial charge in [0.25, 0.3) is 0 Å². The summed E-state index contributed by atoms with van der Waals surface area (Å²) in [4.78, 5) is 24.7. The van der Waals surface area contributed by atoms with Crippen molar-refractivity contribution >= 4 is 11.9 Å². The smallest absolute Gasteiger partial charge is 0.326 e. The fourth-order valence-electron chi connectivity index (χ4n) is 1.16. The highest BCUT2D eigenvalue weighted by atomic mass is 19.4. The summed E-state index contributed by atoms with van der Waals surface area (Å²) >= 11 is 0. The second-order valence-electron chi connectivity index (χ2n) is 3.64. The molecule has 0 aliphatic carbocycles. The van der Waals surface area contributed by atoms with Crippen molar-refractivity contribution in [2.75, 3.05) is 20.3 Å². The van der Waals surface area contributed by atoms with E-state index in [0.29, 0.717) is 0 Å². The summed E-state index contributed by atoms with van der Waals surface area (Å²) in [5.74, 6) is -0.296. The maximum Gasteiger partial charge on any atom is 0.408 e. The quantitative estimate of drug-likeness (QED) is 0.719. The minimum absolute atomic E-state index is 0.00917. The molecule has 8 heteroatoms. The van der Waals surface area contributed by atoms with E-state index in [1.165, 1.54) is 11.9 Å². The molecule has 0 aromatic rings. The van der Waals surface area contributed by atoms with Crippen LogP contribution in [0.3, 0.4) is 0 Å². The van der Waals surface area contributed by atoms with Gasteiger partial charge in [0.2, 0.25) is 5.91 Å². The van der Waals surface area contributed by atoms with E-state index >= 15 is 0 Å². The van der Waals surface area contributed by atoms with Gasteiger partial charge in [-0.1, -0.05) is 0 Å². The van der Waals surface area contributed by atoms with Crippen molar-refractivity contribution in [3.05, 3.63) is 0 Å². The minimum Gasteiger partial charge on any atom is -0.326 e. The fourth-order valence-corrected chi connectivity index (χ4v) is 1.16. The van der Waals surface area contributed by atoms with Crippen LogP contribution in [0, 0.1) is 0 Å². The number of hydrogen-bond donors (Lipinski definition) is 1. The highest BCUT2D eigenvalue weighted by Crippen LogP contribution is 2.19. The van der Waals surface area contributed by atoms with Crippen LogP contribution >= 0.6 is 0 Å². The summed E-state index contributed by atoms with van der Waals surface area (Å²) in [6.07, 6.45) is -4.48. The number of urea groups is 1. The Morgan fingerprint density at radius 3 is 2.44 bits per heavy atom. The van der Waals surface area contributed by atoms with Crippen molar-refractivity contribution in [2.45, 2.75) is 19.1 Å². The summed E-state index contributed by atoms with van der Waals surface area (Å²) in [7, 11) is 1.48. The van der Waals surface area contributed by atoms with Gasteiger partial charge in [-0.15, -0.1) is 0 Å². The molecule has 92 valence electrons. The van der Waals surface area contributed by atoms with Crippen LogP contribution in [0.2, 0.25) is 0 Å². The summed E-state index contributed by atoms with van der Waals surface area (Å²) < 4.78 is 36.4. The Morgan fingerprint density at radius 1 is 1.50 bits per heavy atom. The van der Waals surface area contributed by atoms with E-state index in [1.54, 1.807) is 5.32 Å². The number of nitrogens with zero attached hydrogens (tertiary/aromatic N) is 2. The van der Waals surface area contributed by atoms with E-state index in [9.17, 15) is 22.8 Å². The predicted molar refractivity (Wildman–Crippen MR) is 48.4 cm³/mol. The maximum absolute atomic E-state index is 12.1. The fraction of sp³-hybridized carbons (Fsp3) is 0.750. The van der Waals surface area contributed by atoms with Crippen LogP contribution in [-0.2, 0) is 4.79 Å². The SMILES string of the molecule is CC(NC(=O)N1CC(=O)N(C)C1)C(F)(F)F. The standard InChI is InChI=1S/C8H12F3N3O2/c1-5(8(9,10)11)12-7(16)14-3-6(15)13(2)4-14/h5H,3-4H2,1-2H3,(H,12,16). The number of carbonyl (C=O) groups is 2. The van der Waals surface area contributed by atoms with Gasteiger partial charge in [0.1, 0.15) is 12.6 Å². The number of halogens is 3. The van der Waals surface area contributed by atoms with E-state index in [2.05, 4.69) is 0 Å². The second kappa shape index (κ2) is 4.18. The third-order valence-electron chi connectivity index (χ3n) is 2.25. The number of rotatable bonds is 1. The number of amides is 3. The first-order chi connectivity index (χ1) is 7.21. The molecule has 1 fully saturated rings. The molecule has 1 aliphatic rings. The molecular formula is C8H12F3N3O2. The van der Waals surface area contributed by atoms with Gasteiger partial charge in [-0.25, -0.2) is 4.79 Å². The number of alkyl halides is 3. The molecule has 1 unspecified atom stereocenters.